The van der Waals surface area contributed by atoms with E-state index in [1.54, 1.807) is 30.3 Å². The highest BCUT2D eigenvalue weighted by molar-refractivity contribution is 5.94. The van der Waals surface area contributed by atoms with Crippen LogP contribution < -0.4 is 14.2 Å². The molecule has 3 aromatic rings. The summed E-state index contributed by atoms with van der Waals surface area (Å²) in [5, 5.41) is 0. The molecule has 1 aliphatic carbocycles. The molecule has 1 aliphatic rings. The fourth-order valence-electron chi connectivity index (χ4n) is 7.00. The second-order valence-electron chi connectivity index (χ2n) is 15.7. The molecule has 1 fully saturated rings. The quantitative estimate of drug-likeness (QED) is 0.0234. The summed E-state index contributed by atoms with van der Waals surface area (Å²) in [5.41, 5.74) is 2.23. The highest BCUT2D eigenvalue weighted by Gasteiger charge is 2.26. The average molecular weight is 873 g/mol. The molecule has 0 atom stereocenters. The first-order valence-corrected chi connectivity index (χ1v) is 21.0. The van der Waals surface area contributed by atoms with E-state index in [0.29, 0.717) is 22.8 Å². The van der Waals surface area contributed by atoms with E-state index < -0.39 is 60.4 Å². The van der Waals surface area contributed by atoms with E-state index in [4.69, 9.17) is 23.7 Å². The van der Waals surface area contributed by atoms with E-state index in [1.165, 1.54) is 57.7 Å². The molecule has 4 rings (SSSR count). The Morgan fingerprint density at radius 2 is 1.21 bits per heavy atom. The number of methoxy groups -OCH3 is 2. The molecule has 13 nitrogen and oxygen atoms in total. The van der Waals surface area contributed by atoms with Crippen LogP contribution in [0.1, 0.15) is 96.5 Å². The van der Waals surface area contributed by atoms with Crippen LogP contribution in [0.25, 0.3) is 22.3 Å². The molecule has 63 heavy (non-hydrogen) atoms. The first-order chi connectivity index (χ1) is 30.1. The number of ether oxygens (including phenoxy) is 7. The molecule has 0 heterocycles. The average Bonchev–Trinajstić information content (AvgIpc) is 3.26. The number of esters is 6. The van der Waals surface area contributed by atoms with Crippen LogP contribution in [-0.2, 0) is 47.7 Å². The second kappa shape index (κ2) is 24.4. The normalized spacial score (nSPS) is 14.5. The van der Waals surface area contributed by atoms with Gasteiger partial charge in [0.2, 0.25) is 0 Å². The summed E-state index contributed by atoms with van der Waals surface area (Å²) in [6.45, 7) is 11.8. The van der Waals surface area contributed by atoms with Crippen molar-refractivity contribution >= 4 is 35.8 Å². The molecule has 1 saturated carbocycles. The zero-order valence-corrected chi connectivity index (χ0v) is 36.7. The Morgan fingerprint density at radius 1 is 0.667 bits per heavy atom. The largest absolute Gasteiger partial charge is 0.493 e. The van der Waals surface area contributed by atoms with E-state index in [9.17, 15) is 28.8 Å². The Bertz CT molecular complexity index is 2100. The zero-order chi connectivity index (χ0) is 46.1. The van der Waals surface area contributed by atoms with Gasteiger partial charge in [0.05, 0.1) is 26.7 Å². The molecule has 0 aliphatic heterocycles. The van der Waals surface area contributed by atoms with Crippen LogP contribution in [0.4, 0.5) is 4.39 Å². The summed E-state index contributed by atoms with van der Waals surface area (Å²) >= 11 is 0. The Balaban J connectivity index is 1.63. The van der Waals surface area contributed by atoms with E-state index >= 15 is 4.39 Å². The van der Waals surface area contributed by atoms with Crippen LogP contribution in [0.15, 0.2) is 78.9 Å². The van der Waals surface area contributed by atoms with Crippen LogP contribution in [-0.4, -0.2) is 69.9 Å². The molecule has 0 bridgehead atoms. The van der Waals surface area contributed by atoms with Crippen molar-refractivity contribution in [1.29, 1.82) is 0 Å². The summed E-state index contributed by atoms with van der Waals surface area (Å²) in [4.78, 5) is 73.3. The topological polar surface area (TPSA) is 167 Å². The Labute approximate surface area is 367 Å². The first-order valence-electron chi connectivity index (χ1n) is 21.0. The molecule has 0 N–H and O–H groups in total. The van der Waals surface area contributed by atoms with Gasteiger partial charge in [-0.1, -0.05) is 70.0 Å². The van der Waals surface area contributed by atoms with Gasteiger partial charge in [0, 0.05) is 27.8 Å². The minimum absolute atomic E-state index is 0.000905. The van der Waals surface area contributed by atoms with Gasteiger partial charge < -0.3 is 33.2 Å². The Hall–Kier alpha value is -6.31. The number of carbonyl (C=O) groups is 6. The van der Waals surface area contributed by atoms with E-state index in [0.717, 1.165) is 45.5 Å². The number of carbonyl (C=O) groups excluding carboxylic acids is 6. The maximum Gasteiger partial charge on any atom is 0.338 e. The SMILES string of the molecule is C=C(C)C(=O)Oc1cc(-c2ccc(C3CCC(CCCCC)CC3)cc2F)c(OC(=O)C(=C)C)cc1-c1ccc(OCC(COC(=O)CC(=O)OC)COC(=O)CC(=O)OC)cc1. The molecule has 0 radical (unpaired) electrons. The van der Waals surface area contributed by atoms with Crippen molar-refractivity contribution in [3.8, 4) is 39.5 Å². The van der Waals surface area contributed by atoms with Crippen LogP contribution in [0.3, 0.4) is 0 Å². The lowest BCUT2D eigenvalue weighted by Gasteiger charge is -2.29. The van der Waals surface area contributed by atoms with Gasteiger partial charge >= 0.3 is 35.8 Å². The summed E-state index contributed by atoms with van der Waals surface area (Å²) < 4.78 is 53.2. The summed E-state index contributed by atoms with van der Waals surface area (Å²) in [7, 11) is 2.25. The van der Waals surface area contributed by atoms with Gasteiger partial charge in [0.15, 0.2) is 0 Å². The third-order valence-corrected chi connectivity index (χ3v) is 10.6. The van der Waals surface area contributed by atoms with E-state index in [1.807, 2.05) is 6.07 Å². The molecular weight excluding hydrogens is 816 g/mol. The number of unbranched alkanes of at least 4 members (excludes halogenated alkanes) is 2. The van der Waals surface area contributed by atoms with Crippen molar-refractivity contribution in [2.24, 2.45) is 11.8 Å². The lowest BCUT2D eigenvalue weighted by Crippen LogP contribution is -2.27. The minimum atomic E-state index is -0.871. The van der Waals surface area contributed by atoms with Gasteiger partial charge in [-0.25, -0.2) is 14.0 Å². The first kappa shape index (κ1) is 49.3. The lowest BCUT2D eigenvalue weighted by molar-refractivity contribution is -0.156. The monoisotopic (exact) mass is 872 g/mol. The molecule has 0 aromatic heterocycles. The highest BCUT2D eigenvalue weighted by Crippen LogP contribution is 2.44. The Kier molecular flexibility index (Phi) is 19.1. The molecule has 14 heteroatoms. The van der Waals surface area contributed by atoms with Crippen molar-refractivity contribution in [2.75, 3.05) is 34.0 Å². The molecule has 0 unspecified atom stereocenters. The summed E-state index contributed by atoms with van der Waals surface area (Å²) in [6.07, 6.45) is 7.83. The van der Waals surface area contributed by atoms with Crippen molar-refractivity contribution in [3.63, 3.8) is 0 Å². The van der Waals surface area contributed by atoms with Gasteiger partial charge in [0.1, 0.15) is 49.1 Å². The van der Waals surface area contributed by atoms with Crippen LogP contribution in [0.2, 0.25) is 0 Å². The van der Waals surface area contributed by atoms with Gasteiger partial charge in [-0.3, -0.25) is 19.2 Å². The van der Waals surface area contributed by atoms with Crippen molar-refractivity contribution in [2.45, 2.75) is 90.9 Å². The zero-order valence-electron chi connectivity index (χ0n) is 36.7. The summed E-state index contributed by atoms with van der Waals surface area (Å²) in [5.74, 6) is -4.78. The Morgan fingerprint density at radius 3 is 1.71 bits per heavy atom. The van der Waals surface area contributed by atoms with Crippen LogP contribution in [0, 0.1) is 17.7 Å². The number of halogens is 1. The maximum atomic E-state index is 16.3. The number of benzene rings is 3. The van der Waals surface area contributed by atoms with Gasteiger partial charge in [-0.15, -0.1) is 0 Å². The van der Waals surface area contributed by atoms with Crippen LogP contribution >= 0.6 is 0 Å². The number of hydrogen-bond acceptors (Lipinski definition) is 13. The van der Waals surface area contributed by atoms with Crippen molar-refractivity contribution < 1.29 is 66.3 Å². The lowest BCUT2D eigenvalue weighted by atomic mass is 9.77. The maximum absolute atomic E-state index is 16.3. The minimum Gasteiger partial charge on any atom is -0.493 e. The number of hydrogen-bond donors (Lipinski definition) is 0. The fourth-order valence-corrected chi connectivity index (χ4v) is 7.00. The van der Waals surface area contributed by atoms with Crippen molar-refractivity contribution in [3.05, 3.63) is 90.3 Å². The smallest absolute Gasteiger partial charge is 0.338 e. The standard InChI is InChI=1S/C49H57FO13/c1-8-9-10-11-32-12-14-34(15-13-32)36-18-21-38(41(50)22-36)40-24-42(62-48(55)30(2)3)39(23-43(40)63-49(56)31(4)5)35-16-19-37(20-17-35)59-27-33(28-60-46(53)25-44(51)57-6)29-61-47(54)26-45(52)58-7/h16-24,32-34H,2,4,8-15,25-29H2,1,3,5-7H3. The van der Waals surface area contributed by atoms with Gasteiger partial charge in [0.25, 0.3) is 0 Å². The van der Waals surface area contributed by atoms with Crippen molar-refractivity contribution in [1.82, 2.24) is 0 Å². The van der Waals surface area contributed by atoms with Crippen LogP contribution in [0.5, 0.6) is 17.2 Å². The number of rotatable bonds is 22. The highest BCUT2D eigenvalue weighted by atomic mass is 19.1. The summed E-state index contributed by atoms with van der Waals surface area (Å²) in [6, 6.07) is 14.5. The third-order valence-electron chi connectivity index (χ3n) is 10.6. The fraction of sp³-hybridized carbons (Fsp3) is 0.429. The predicted molar refractivity (Wildman–Crippen MR) is 231 cm³/mol. The molecule has 0 amide bonds. The van der Waals surface area contributed by atoms with Gasteiger partial charge in [-0.05, 0) is 92.8 Å². The van der Waals surface area contributed by atoms with E-state index in [2.05, 4.69) is 29.6 Å². The van der Waals surface area contributed by atoms with Gasteiger partial charge in [-0.2, -0.15) is 0 Å². The molecule has 3 aromatic carbocycles. The predicted octanol–water partition coefficient (Wildman–Crippen LogP) is 9.18. The van der Waals surface area contributed by atoms with E-state index in [-0.39, 0.29) is 59.5 Å². The molecule has 0 spiro atoms. The second-order valence-corrected chi connectivity index (χ2v) is 15.7. The molecular formula is C49H57FO13. The molecule has 0 saturated heterocycles. The third kappa shape index (κ3) is 15.2. The molecule has 338 valence electrons.